The Morgan fingerprint density at radius 1 is 0.865 bits per heavy atom. The molecule has 0 fully saturated rings. The predicted molar refractivity (Wildman–Crippen MR) is 138 cm³/mol. The SMILES string of the molecule is CCC(C)c1ccc(OCC(C)(O)C(F)(F)F)cc1.CCC(C)c1ccc(S(=O)(=O)NS(C)(=O)=O)cc1. The average Bonchev–Trinajstić information content (AvgIpc) is 2.80. The Kier molecular flexibility index (Phi) is 11.6. The molecule has 0 aliphatic rings. The van der Waals surface area contributed by atoms with Crippen molar-refractivity contribution in [3.63, 3.8) is 0 Å². The fraction of sp³-hybridized carbons (Fsp3) is 0.520. The van der Waals surface area contributed by atoms with E-state index in [1.165, 1.54) is 12.1 Å². The van der Waals surface area contributed by atoms with E-state index in [0.717, 1.165) is 30.2 Å². The number of aliphatic hydroxyl groups is 1. The first-order valence-corrected chi connectivity index (χ1v) is 15.1. The number of alkyl halides is 3. The zero-order chi connectivity index (χ0) is 28.7. The summed E-state index contributed by atoms with van der Waals surface area (Å²) in [5, 5.41) is 9.24. The molecule has 12 heteroatoms. The number of benzene rings is 2. The standard InChI is InChI=1S/C14H19F3O2.C11H17NO4S2/c1-4-10(2)11-5-7-12(8-6-11)19-9-13(3,18)14(15,16)17;1-4-9(2)10-5-7-11(8-6-10)18(15,16)12-17(3,13)14/h5-8,10,18H,4,9H2,1-3H3;5-9,12H,4H2,1-3H3. The molecule has 0 aliphatic carbocycles. The molecule has 2 aromatic rings. The number of hydrogen-bond donors (Lipinski definition) is 2. The molecular formula is C25H36F3NO6S2. The number of sulfonamides is 2. The molecule has 7 nitrogen and oxygen atoms in total. The van der Waals surface area contributed by atoms with Crippen LogP contribution in [0.2, 0.25) is 0 Å². The van der Waals surface area contributed by atoms with Gasteiger partial charge in [-0.05, 0) is 67.0 Å². The summed E-state index contributed by atoms with van der Waals surface area (Å²) in [7, 11) is -7.80. The Bertz CT molecular complexity index is 1190. The maximum atomic E-state index is 12.4. The third-order valence-electron chi connectivity index (χ3n) is 5.82. The van der Waals surface area contributed by atoms with Gasteiger partial charge < -0.3 is 9.84 Å². The van der Waals surface area contributed by atoms with Crippen molar-refractivity contribution in [1.29, 1.82) is 0 Å². The molecule has 2 rings (SSSR count). The second-order valence-electron chi connectivity index (χ2n) is 9.18. The van der Waals surface area contributed by atoms with Gasteiger partial charge in [-0.25, -0.2) is 16.8 Å². The lowest BCUT2D eigenvalue weighted by Gasteiger charge is -2.26. The van der Waals surface area contributed by atoms with Crippen LogP contribution in [-0.4, -0.2) is 46.6 Å². The second-order valence-corrected chi connectivity index (χ2v) is 12.9. The third-order valence-corrected chi connectivity index (χ3v) is 8.81. The lowest BCUT2D eigenvalue weighted by atomic mass is 9.99. The van der Waals surface area contributed by atoms with Crippen molar-refractivity contribution in [2.45, 2.75) is 76.0 Å². The van der Waals surface area contributed by atoms with E-state index < -0.39 is 38.4 Å². The van der Waals surface area contributed by atoms with Crippen LogP contribution in [0, 0.1) is 0 Å². The molecule has 0 aliphatic heterocycles. The molecule has 2 aromatic carbocycles. The average molecular weight is 568 g/mol. The summed E-state index contributed by atoms with van der Waals surface area (Å²) < 4.78 is 89.2. The molecule has 2 N–H and O–H groups in total. The first kappa shape index (κ1) is 32.9. The molecule has 0 aromatic heterocycles. The largest absolute Gasteiger partial charge is 0.490 e. The van der Waals surface area contributed by atoms with Gasteiger partial charge in [0.05, 0.1) is 11.2 Å². The summed E-state index contributed by atoms with van der Waals surface area (Å²) in [4.78, 5) is -0.0556. The minimum atomic E-state index is -4.70. The molecule has 0 amide bonds. The number of ether oxygens (including phenoxy) is 1. The molecule has 0 radical (unpaired) electrons. The Labute approximate surface area is 218 Å². The van der Waals surface area contributed by atoms with E-state index in [1.807, 2.05) is 26.0 Å². The Hall–Kier alpha value is -2.15. The van der Waals surface area contributed by atoms with Gasteiger partial charge in [-0.15, -0.1) is 4.13 Å². The van der Waals surface area contributed by atoms with E-state index in [9.17, 15) is 35.1 Å². The number of rotatable bonds is 10. The zero-order valence-corrected chi connectivity index (χ0v) is 23.5. The van der Waals surface area contributed by atoms with Crippen molar-refractivity contribution in [2.24, 2.45) is 0 Å². The van der Waals surface area contributed by atoms with Gasteiger partial charge in [0.15, 0.2) is 5.60 Å². The number of nitrogens with one attached hydrogen (secondary N) is 1. The summed E-state index contributed by atoms with van der Waals surface area (Å²) in [6.07, 6.45) is -1.96. The van der Waals surface area contributed by atoms with Crippen LogP contribution in [0.15, 0.2) is 53.4 Å². The van der Waals surface area contributed by atoms with Crippen molar-refractivity contribution in [1.82, 2.24) is 4.13 Å². The quantitative estimate of drug-likeness (QED) is 0.402. The normalized spacial score (nSPS) is 15.6. The third kappa shape index (κ3) is 10.6. The molecule has 0 saturated carbocycles. The fourth-order valence-corrected chi connectivity index (χ4v) is 5.37. The first-order chi connectivity index (χ1) is 16.8. The Morgan fingerprint density at radius 2 is 1.27 bits per heavy atom. The van der Waals surface area contributed by atoms with Crippen LogP contribution in [0.3, 0.4) is 0 Å². The van der Waals surface area contributed by atoms with Crippen LogP contribution in [-0.2, 0) is 20.0 Å². The van der Waals surface area contributed by atoms with E-state index in [-0.39, 0.29) is 4.90 Å². The molecule has 0 heterocycles. The lowest BCUT2D eigenvalue weighted by Crippen LogP contribution is -2.47. The monoisotopic (exact) mass is 567 g/mol. The van der Waals surface area contributed by atoms with E-state index in [4.69, 9.17) is 4.74 Å². The maximum absolute atomic E-state index is 12.4. The van der Waals surface area contributed by atoms with Crippen LogP contribution >= 0.6 is 0 Å². The van der Waals surface area contributed by atoms with Crippen molar-refractivity contribution in [3.8, 4) is 5.75 Å². The van der Waals surface area contributed by atoms with Gasteiger partial charge in [0.2, 0.25) is 10.0 Å². The Balaban J connectivity index is 0.000000371. The first-order valence-electron chi connectivity index (χ1n) is 11.7. The van der Waals surface area contributed by atoms with Crippen LogP contribution in [0.25, 0.3) is 0 Å². The van der Waals surface area contributed by atoms with Crippen LogP contribution in [0.4, 0.5) is 13.2 Å². The molecule has 0 bridgehead atoms. The molecule has 37 heavy (non-hydrogen) atoms. The van der Waals surface area contributed by atoms with Crippen molar-refractivity contribution in [3.05, 3.63) is 59.7 Å². The minimum absolute atomic E-state index is 0.0556. The molecule has 0 spiro atoms. The smallest absolute Gasteiger partial charge is 0.420 e. The highest BCUT2D eigenvalue weighted by molar-refractivity contribution is 8.04. The van der Waals surface area contributed by atoms with E-state index >= 15 is 0 Å². The summed E-state index contributed by atoms with van der Waals surface area (Å²) in [5.74, 6) is 1.05. The van der Waals surface area contributed by atoms with Crippen LogP contribution in [0.5, 0.6) is 5.75 Å². The minimum Gasteiger partial charge on any atom is -0.490 e. The van der Waals surface area contributed by atoms with Gasteiger partial charge in [0.25, 0.3) is 10.0 Å². The van der Waals surface area contributed by atoms with E-state index in [0.29, 0.717) is 24.5 Å². The predicted octanol–water partition coefficient (Wildman–Crippen LogP) is 5.33. The summed E-state index contributed by atoms with van der Waals surface area (Å²) in [5.41, 5.74) is -0.712. The van der Waals surface area contributed by atoms with Gasteiger partial charge in [-0.1, -0.05) is 52.0 Å². The van der Waals surface area contributed by atoms with E-state index in [1.54, 1.807) is 28.4 Å². The second kappa shape index (κ2) is 13.1. The lowest BCUT2D eigenvalue weighted by molar-refractivity contribution is -0.260. The highest BCUT2D eigenvalue weighted by Gasteiger charge is 2.50. The van der Waals surface area contributed by atoms with Gasteiger partial charge in [0.1, 0.15) is 12.4 Å². The number of halogens is 3. The molecular weight excluding hydrogens is 531 g/mol. The van der Waals surface area contributed by atoms with Crippen LogP contribution < -0.4 is 8.86 Å². The summed E-state index contributed by atoms with van der Waals surface area (Å²) >= 11 is 0. The topological polar surface area (TPSA) is 110 Å². The van der Waals surface area contributed by atoms with Gasteiger partial charge in [0, 0.05) is 0 Å². The van der Waals surface area contributed by atoms with Crippen molar-refractivity contribution in [2.75, 3.05) is 12.9 Å². The van der Waals surface area contributed by atoms with Gasteiger partial charge in [-0.2, -0.15) is 13.2 Å². The fourth-order valence-electron chi connectivity index (χ4n) is 2.89. The van der Waals surface area contributed by atoms with Crippen molar-refractivity contribution < 1.29 is 39.9 Å². The molecule has 210 valence electrons. The van der Waals surface area contributed by atoms with Gasteiger partial charge in [-0.3, -0.25) is 0 Å². The molecule has 3 atom stereocenters. The highest BCUT2D eigenvalue weighted by Crippen LogP contribution is 2.31. The molecule has 3 unspecified atom stereocenters. The maximum Gasteiger partial charge on any atom is 0.420 e. The van der Waals surface area contributed by atoms with Gasteiger partial charge >= 0.3 is 6.18 Å². The summed E-state index contributed by atoms with van der Waals surface area (Å²) in [6.45, 7) is 8.10. The van der Waals surface area contributed by atoms with E-state index in [2.05, 4.69) is 13.8 Å². The molecule has 0 saturated heterocycles. The van der Waals surface area contributed by atoms with Crippen molar-refractivity contribution >= 4 is 20.0 Å². The summed E-state index contributed by atoms with van der Waals surface area (Å²) in [6, 6.07) is 13.1. The Morgan fingerprint density at radius 3 is 1.62 bits per heavy atom. The zero-order valence-electron chi connectivity index (χ0n) is 21.8. The highest BCUT2D eigenvalue weighted by atomic mass is 32.3. The number of hydrogen-bond acceptors (Lipinski definition) is 6. The van der Waals surface area contributed by atoms with Crippen LogP contribution in [0.1, 0.15) is 70.4 Å².